The van der Waals surface area contributed by atoms with Gasteiger partial charge in [0.05, 0.1) is 55.8 Å². The first-order chi connectivity index (χ1) is 27.9. The molecule has 14 nitrogen and oxygen atoms in total. The number of nitrogens with zero attached hydrogens (tertiary/aromatic N) is 3. The van der Waals surface area contributed by atoms with Gasteiger partial charge in [-0.1, -0.05) is 97.4 Å². The van der Waals surface area contributed by atoms with E-state index in [1.807, 2.05) is 83.7 Å². The van der Waals surface area contributed by atoms with E-state index in [9.17, 15) is 24.0 Å². The topological polar surface area (TPSA) is 156 Å². The van der Waals surface area contributed by atoms with E-state index in [1.165, 1.54) is 19.1 Å². The molecule has 1 fully saturated rings. The minimum atomic E-state index is -0.896. The third-order valence-electron chi connectivity index (χ3n) is 11.8. The Bertz CT molecular complexity index is 1510. The lowest BCUT2D eigenvalue weighted by Crippen LogP contribution is -2.60. The van der Waals surface area contributed by atoms with Crippen molar-refractivity contribution in [3.8, 4) is 0 Å². The van der Waals surface area contributed by atoms with Gasteiger partial charge < -0.3 is 44.3 Å². The Morgan fingerprint density at radius 3 is 2.07 bits per heavy atom. The van der Waals surface area contributed by atoms with Gasteiger partial charge in [-0.3, -0.25) is 19.2 Å². The number of benzene rings is 1. The molecule has 2 N–H and O–H groups in total. The number of carbonyl (C=O) groups excluding carboxylic acids is 5. The third-order valence-corrected chi connectivity index (χ3v) is 12.3. The molecule has 0 unspecified atom stereocenters. The Morgan fingerprint density at radius 1 is 0.898 bits per heavy atom. The molecule has 334 valence electrons. The van der Waals surface area contributed by atoms with E-state index >= 15 is 0 Å². The molecule has 0 radical (unpaired) electrons. The molecule has 9 atom stereocenters. The van der Waals surface area contributed by atoms with Crippen molar-refractivity contribution in [2.24, 2.45) is 23.7 Å². The predicted molar refractivity (Wildman–Crippen MR) is 232 cm³/mol. The number of esters is 1. The van der Waals surface area contributed by atoms with Crippen LogP contribution in [0.3, 0.4) is 0 Å². The zero-order valence-corrected chi connectivity index (χ0v) is 38.6. The van der Waals surface area contributed by atoms with Crippen molar-refractivity contribution in [3.63, 3.8) is 0 Å². The molecule has 0 aliphatic carbocycles. The highest BCUT2D eigenvalue weighted by atomic mass is 32.1. The summed E-state index contributed by atoms with van der Waals surface area (Å²) < 4.78 is 22.3. The van der Waals surface area contributed by atoms with Gasteiger partial charge in [0.1, 0.15) is 18.1 Å². The van der Waals surface area contributed by atoms with E-state index in [0.717, 1.165) is 12.0 Å². The molecule has 2 rings (SSSR count). The van der Waals surface area contributed by atoms with Crippen LogP contribution in [0.2, 0.25) is 0 Å². The number of methoxy groups -OCH3 is 4. The lowest BCUT2D eigenvalue weighted by Gasteiger charge is -2.41. The van der Waals surface area contributed by atoms with Crippen LogP contribution in [0.5, 0.6) is 0 Å². The van der Waals surface area contributed by atoms with E-state index in [-0.39, 0.29) is 66.9 Å². The maximum atomic E-state index is 14.4. The van der Waals surface area contributed by atoms with Gasteiger partial charge in [0, 0.05) is 54.3 Å². The Morgan fingerprint density at radius 2 is 1.54 bits per heavy atom. The van der Waals surface area contributed by atoms with Crippen molar-refractivity contribution in [3.05, 3.63) is 35.9 Å². The minimum absolute atomic E-state index is 0.0110. The fourth-order valence-corrected chi connectivity index (χ4v) is 8.49. The van der Waals surface area contributed by atoms with E-state index in [1.54, 1.807) is 33.2 Å². The Labute approximate surface area is 358 Å². The van der Waals surface area contributed by atoms with Gasteiger partial charge in [-0.2, -0.15) is 0 Å². The number of likely N-dealkylation sites (tertiary alicyclic amines) is 1. The molecule has 15 heteroatoms. The van der Waals surface area contributed by atoms with Gasteiger partial charge in [0.15, 0.2) is 0 Å². The smallest absolute Gasteiger partial charge is 0.328 e. The first-order valence-corrected chi connectivity index (χ1v) is 21.4. The Hall–Kier alpha value is -3.66. The number of thiocarbonyl (C=S) groups is 1. The van der Waals surface area contributed by atoms with Crippen molar-refractivity contribution in [1.82, 2.24) is 25.3 Å². The standard InChI is InChI=1S/C44H73N5O9S/c1-14-29(6)39(48(9)43(53)37(27(2)3)46-41(52)38(28(4)5)47(8)35(50)22-24-55-10)34(56-11)26-36(51)49-23-18-21-33(49)40(57-12)30(7)42(59)45-32(44(54)58-13)25-31-19-16-15-17-20-31/h15-17,19-20,27-30,32-34,37-40H,14,18,21-26H2,1-13H3,(H,45,59)(H,46,52)/t29-,30+,32-,33-,34+,37-,38-,39-,40+/m0/s1. The van der Waals surface area contributed by atoms with E-state index in [0.29, 0.717) is 30.8 Å². The predicted octanol–water partition coefficient (Wildman–Crippen LogP) is 4.27. The molecule has 0 aromatic heterocycles. The fourth-order valence-electron chi connectivity index (χ4n) is 8.21. The number of ether oxygens (including phenoxy) is 4. The molecule has 1 heterocycles. The molecular formula is C44H73N5O9S. The first kappa shape index (κ1) is 51.5. The van der Waals surface area contributed by atoms with Crippen LogP contribution in [-0.4, -0.2) is 147 Å². The van der Waals surface area contributed by atoms with Crippen molar-refractivity contribution in [2.75, 3.05) is 55.7 Å². The van der Waals surface area contributed by atoms with Gasteiger partial charge >= 0.3 is 5.97 Å². The third kappa shape index (κ3) is 14.2. The van der Waals surface area contributed by atoms with Crippen LogP contribution in [0.25, 0.3) is 0 Å². The summed E-state index contributed by atoms with van der Waals surface area (Å²) in [7, 11) is 9.32. The molecule has 0 spiro atoms. The zero-order valence-electron chi connectivity index (χ0n) is 37.8. The number of hydrogen-bond acceptors (Lipinski definition) is 10. The van der Waals surface area contributed by atoms with Gasteiger partial charge in [-0.25, -0.2) is 4.79 Å². The first-order valence-electron chi connectivity index (χ1n) is 21.0. The average Bonchev–Trinajstić information content (AvgIpc) is 3.70. The molecule has 1 aliphatic heterocycles. The Kier molecular flexibility index (Phi) is 22.0. The number of nitrogens with one attached hydrogen (secondary N) is 2. The van der Waals surface area contributed by atoms with Crippen LogP contribution >= 0.6 is 12.2 Å². The van der Waals surface area contributed by atoms with Gasteiger partial charge in [0.25, 0.3) is 0 Å². The second-order valence-corrected chi connectivity index (χ2v) is 17.0. The van der Waals surface area contributed by atoms with Crippen LogP contribution in [0.1, 0.15) is 86.1 Å². The van der Waals surface area contributed by atoms with E-state index in [2.05, 4.69) is 10.6 Å². The second-order valence-electron chi connectivity index (χ2n) is 16.5. The van der Waals surface area contributed by atoms with Crippen LogP contribution in [0.4, 0.5) is 0 Å². The molecule has 1 aromatic rings. The highest BCUT2D eigenvalue weighted by molar-refractivity contribution is 7.80. The molecule has 1 saturated heterocycles. The van der Waals surface area contributed by atoms with Gasteiger partial charge in [-0.05, 0) is 36.2 Å². The van der Waals surface area contributed by atoms with Crippen LogP contribution in [-0.2, 0) is 49.3 Å². The maximum absolute atomic E-state index is 14.4. The molecule has 0 saturated carbocycles. The summed E-state index contributed by atoms with van der Waals surface area (Å²) in [5, 5.41) is 6.20. The SMILES string of the molecule is CC[C@H](C)[C@@H]([C@@H](CC(=O)N1CCC[C@H]1[C@H](OC)[C@@H](C)C(=S)N[C@@H](Cc1ccccc1)C(=O)OC)OC)N(C)C(=O)[C@@H](NC(=O)[C@H](C(C)C)N(C)C(=O)CCOC)C(C)C. The second kappa shape index (κ2) is 25.2. The summed E-state index contributed by atoms with van der Waals surface area (Å²) in [6.07, 6.45) is 1.57. The van der Waals surface area contributed by atoms with Gasteiger partial charge in [-0.15, -0.1) is 0 Å². The number of rotatable bonds is 24. The van der Waals surface area contributed by atoms with Crippen LogP contribution in [0, 0.1) is 23.7 Å². The number of amides is 4. The van der Waals surface area contributed by atoms with Crippen molar-refractivity contribution in [1.29, 1.82) is 0 Å². The van der Waals surface area contributed by atoms with E-state index < -0.39 is 48.3 Å². The molecule has 1 aromatic carbocycles. The van der Waals surface area contributed by atoms with Crippen LogP contribution in [0.15, 0.2) is 30.3 Å². The number of carbonyl (C=O) groups is 5. The zero-order chi connectivity index (χ0) is 44.6. The lowest BCUT2D eigenvalue weighted by molar-refractivity contribution is -0.148. The Balaban J connectivity index is 2.30. The minimum Gasteiger partial charge on any atom is -0.467 e. The summed E-state index contributed by atoms with van der Waals surface area (Å²) >= 11 is 5.86. The van der Waals surface area contributed by atoms with Gasteiger partial charge in [0.2, 0.25) is 23.6 Å². The molecular weight excluding hydrogens is 775 g/mol. The molecule has 0 bridgehead atoms. The van der Waals surface area contributed by atoms with Crippen molar-refractivity contribution in [2.45, 2.75) is 129 Å². The summed E-state index contributed by atoms with van der Waals surface area (Å²) in [5.41, 5.74) is 0.955. The number of hydrogen-bond donors (Lipinski definition) is 2. The highest BCUT2D eigenvalue weighted by Crippen LogP contribution is 2.30. The quantitative estimate of drug-likeness (QED) is 0.113. The largest absolute Gasteiger partial charge is 0.467 e. The fraction of sp³-hybridized carbons (Fsp3) is 0.727. The van der Waals surface area contributed by atoms with Crippen molar-refractivity contribution >= 4 is 46.8 Å². The summed E-state index contributed by atoms with van der Waals surface area (Å²) in [4.78, 5) is 73.6. The lowest BCUT2D eigenvalue weighted by atomic mass is 9.89. The van der Waals surface area contributed by atoms with Crippen molar-refractivity contribution < 1.29 is 42.9 Å². The van der Waals surface area contributed by atoms with E-state index in [4.69, 9.17) is 31.2 Å². The normalized spacial score (nSPS) is 18.2. The van der Waals surface area contributed by atoms with Crippen LogP contribution < -0.4 is 10.6 Å². The molecule has 59 heavy (non-hydrogen) atoms. The molecule has 4 amide bonds. The summed E-state index contributed by atoms with van der Waals surface area (Å²) in [5.74, 6) is -2.44. The summed E-state index contributed by atoms with van der Waals surface area (Å²) in [6, 6.07) is 6.43. The summed E-state index contributed by atoms with van der Waals surface area (Å²) in [6.45, 7) is 14.2. The number of likely N-dealkylation sites (N-methyl/N-ethyl adjacent to an activating group) is 2. The highest BCUT2D eigenvalue weighted by Gasteiger charge is 2.43. The maximum Gasteiger partial charge on any atom is 0.328 e. The molecule has 1 aliphatic rings. The monoisotopic (exact) mass is 848 g/mol. The average molecular weight is 848 g/mol.